The molecule has 9 heteroatoms. The van der Waals surface area contributed by atoms with Crippen LogP contribution in [0.3, 0.4) is 0 Å². The van der Waals surface area contributed by atoms with Crippen LogP contribution in [0.2, 0.25) is 0 Å². The number of non-ortho nitro benzene ring substituents is 1. The van der Waals surface area contributed by atoms with Gasteiger partial charge in [-0.1, -0.05) is 18.2 Å². The van der Waals surface area contributed by atoms with Crippen LogP contribution in [0, 0.1) is 10.1 Å². The number of para-hydroxylation sites is 2. The van der Waals surface area contributed by atoms with E-state index in [-0.39, 0.29) is 18.0 Å². The number of anilines is 2. The lowest BCUT2D eigenvalue weighted by Gasteiger charge is -2.20. The highest BCUT2D eigenvalue weighted by molar-refractivity contribution is 5.95. The molecule has 0 bridgehead atoms. The normalized spacial score (nSPS) is 13.4. The number of benzene rings is 2. The van der Waals surface area contributed by atoms with E-state index in [0.29, 0.717) is 17.2 Å². The summed E-state index contributed by atoms with van der Waals surface area (Å²) >= 11 is 0. The first-order chi connectivity index (χ1) is 14.1. The van der Waals surface area contributed by atoms with Crippen LogP contribution < -0.4 is 15.0 Å². The maximum atomic E-state index is 12.5. The third kappa shape index (κ3) is 4.23. The van der Waals surface area contributed by atoms with Crippen LogP contribution in [0.5, 0.6) is 5.75 Å². The Bertz CT molecular complexity index is 1070. The number of hydrogen-bond acceptors (Lipinski definition) is 7. The minimum absolute atomic E-state index is 0.0976. The Morgan fingerprint density at radius 2 is 1.83 bits per heavy atom. The van der Waals surface area contributed by atoms with Crippen LogP contribution in [0.25, 0.3) is 11.0 Å². The lowest BCUT2D eigenvalue weighted by Crippen LogP contribution is -2.25. The molecule has 1 saturated heterocycles. The van der Waals surface area contributed by atoms with Crippen molar-refractivity contribution in [2.24, 2.45) is 0 Å². The van der Waals surface area contributed by atoms with Crippen LogP contribution in [0.4, 0.5) is 17.3 Å². The van der Waals surface area contributed by atoms with Crippen molar-refractivity contribution in [3.8, 4) is 5.75 Å². The van der Waals surface area contributed by atoms with Crippen molar-refractivity contribution in [3.05, 3.63) is 58.6 Å². The fourth-order valence-corrected chi connectivity index (χ4v) is 3.23. The highest BCUT2D eigenvalue weighted by Gasteiger charge is 2.21. The second-order valence-corrected chi connectivity index (χ2v) is 6.67. The molecule has 0 saturated carbocycles. The number of aromatic nitrogens is 2. The summed E-state index contributed by atoms with van der Waals surface area (Å²) < 4.78 is 5.41. The number of ether oxygens (including phenoxy) is 1. The molecule has 4 rings (SSSR count). The smallest absolute Gasteiger partial charge is 0.273 e. The molecule has 1 N–H and O–H groups in total. The maximum Gasteiger partial charge on any atom is 0.273 e. The van der Waals surface area contributed by atoms with Crippen LogP contribution in [-0.4, -0.2) is 40.5 Å². The zero-order valence-corrected chi connectivity index (χ0v) is 15.6. The van der Waals surface area contributed by atoms with E-state index >= 15 is 0 Å². The predicted molar refractivity (Wildman–Crippen MR) is 108 cm³/mol. The molecule has 1 amide bonds. The number of nitro groups is 1. The minimum Gasteiger partial charge on any atom is -0.484 e. The molecule has 9 nitrogen and oxygen atoms in total. The van der Waals surface area contributed by atoms with E-state index in [1.165, 1.54) is 18.2 Å². The second-order valence-electron chi connectivity index (χ2n) is 6.67. The lowest BCUT2D eigenvalue weighted by molar-refractivity contribution is -0.384. The van der Waals surface area contributed by atoms with Gasteiger partial charge in [0.2, 0.25) is 0 Å². The van der Waals surface area contributed by atoms with Gasteiger partial charge in [-0.15, -0.1) is 0 Å². The average Bonchev–Trinajstić information content (AvgIpc) is 3.26. The van der Waals surface area contributed by atoms with Crippen LogP contribution in [0.15, 0.2) is 48.5 Å². The van der Waals surface area contributed by atoms with Crippen molar-refractivity contribution in [1.29, 1.82) is 0 Å². The number of carbonyl (C=O) groups is 1. The summed E-state index contributed by atoms with van der Waals surface area (Å²) in [4.78, 5) is 34.2. The molecule has 1 aromatic heterocycles. The number of nitro benzene ring substituents is 1. The van der Waals surface area contributed by atoms with Crippen molar-refractivity contribution in [1.82, 2.24) is 9.97 Å². The van der Waals surface area contributed by atoms with Crippen molar-refractivity contribution in [2.45, 2.75) is 12.8 Å². The zero-order valence-electron chi connectivity index (χ0n) is 15.6. The largest absolute Gasteiger partial charge is 0.484 e. The third-order valence-electron chi connectivity index (χ3n) is 4.61. The number of hydrogen-bond donors (Lipinski definition) is 1. The Labute approximate surface area is 166 Å². The molecular formula is C20H19N5O4. The molecule has 0 radical (unpaired) electrons. The predicted octanol–water partition coefficient (Wildman–Crippen LogP) is 3.16. The molecule has 3 aromatic rings. The first kappa shape index (κ1) is 18.6. The quantitative estimate of drug-likeness (QED) is 0.506. The zero-order chi connectivity index (χ0) is 20.2. The van der Waals surface area contributed by atoms with E-state index in [9.17, 15) is 14.9 Å². The number of nitrogens with one attached hydrogen (secondary N) is 1. The molecule has 2 aromatic carbocycles. The summed E-state index contributed by atoms with van der Waals surface area (Å²) in [6, 6.07) is 13.2. The van der Waals surface area contributed by atoms with Gasteiger partial charge in [-0.25, -0.2) is 9.97 Å². The van der Waals surface area contributed by atoms with Crippen molar-refractivity contribution >= 4 is 34.3 Å². The van der Waals surface area contributed by atoms with Gasteiger partial charge in [-0.05, 0) is 31.0 Å². The minimum atomic E-state index is -0.514. The Kier molecular flexibility index (Phi) is 5.19. The fraction of sp³-hybridized carbons (Fsp3) is 0.250. The van der Waals surface area contributed by atoms with E-state index in [1.54, 1.807) is 6.07 Å². The summed E-state index contributed by atoms with van der Waals surface area (Å²) in [6.07, 6.45) is 2.13. The fourth-order valence-electron chi connectivity index (χ4n) is 3.23. The molecular weight excluding hydrogens is 374 g/mol. The molecule has 148 valence electrons. The van der Waals surface area contributed by atoms with E-state index in [1.807, 2.05) is 24.3 Å². The highest BCUT2D eigenvalue weighted by atomic mass is 16.6. The SMILES string of the molecule is O=C(COc1cccc([N+](=O)[O-])c1)Nc1nc2ccccc2nc1N1CCCC1. The molecule has 0 aliphatic carbocycles. The van der Waals surface area contributed by atoms with Crippen molar-refractivity contribution in [2.75, 3.05) is 29.9 Å². The van der Waals surface area contributed by atoms with Gasteiger partial charge in [-0.3, -0.25) is 14.9 Å². The standard InChI is InChI=1S/C20H19N5O4/c26-18(13-29-15-7-5-6-14(12-15)25(27)28)23-19-20(24-10-3-4-11-24)22-17-9-2-1-8-16(17)21-19/h1-2,5-9,12H,3-4,10-11,13H2,(H,21,23,26). The molecule has 1 aliphatic heterocycles. The molecule has 1 aliphatic rings. The van der Waals surface area contributed by atoms with Gasteiger partial charge in [0.25, 0.3) is 11.6 Å². The first-order valence-corrected chi connectivity index (χ1v) is 9.29. The molecule has 0 unspecified atom stereocenters. The van der Waals surface area contributed by atoms with Crippen molar-refractivity contribution in [3.63, 3.8) is 0 Å². The Morgan fingerprint density at radius 1 is 1.10 bits per heavy atom. The molecule has 0 spiro atoms. The first-order valence-electron chi connectivity index (χ1n) is 9.29. The maximum absolute atomic E-state index is 12.5. The molecule has 0 atom stereocenters. The lowest BCUT2D eigenvalue weighted by atomic mass is 10.3. The van der Waals surface area contributed by atoms with Gasteiger partial charge in [0, 0.05) is 19.2 Å². The van der Waals surface area contributed by atoms with E-state index in [4.69, 9.17) is 9.72 Å². The van der Waals surface area contributed by atoms with Gasteiger partial charge in [0.1, 0.15) is 5.75 Å². The number of fused-ring (bicyclic) bond motifs is 1. The molecule has 2 heterocycles. The summed E-state index contributed by atoms with van der Waals surface area (Å²) in [7, 11) is 0. The summed E-state index contributed by atoms with van der Waals surface area (Å²) in [6.45, 7) is 1.43. The monoisotopic (exact) mass is 393 g/mol. The number of amides is 1. The third-order valence-corrected chi connectivity index (χ3v) is 4.61. The van der Waals surface area contributed by atoms with Gasteiger partial charge in [0.05, 0.1) is 22.0 Å². The second kappa shape index (κ2) is 8.09. The van der Waals surface area contributed by atoms with Crippen LogP contribution in [-0.2, 0) is 4.79 Å². The number of rotatable bonds is 6. The Balaban J connectivity index is 1.51. The Hall–Kier alpha value is -3.75. The molecule has 1 fully saturated rings. The van der Waals surface area contributed by atoms with Gasteiger partial charge in [-0.2, -0.15) is 0 Å². The summed E-state index contributed by atoms with van der Waals surface area (Å²) in [5.74, 6) is 0.864. The summed E-state index contributed by atoms with van der Waals surface area (Å²) in [5.41, 5.74) is 1.35. The van der Waals surface area contributed by atoms with Crippen LogP contribution >= 0.6 is 0 Å². The van der Waals surface area contributed by atoms with Gasteiger partial charge in [0.15, 0.2) is 18.2 Å². The highest BCUT2D eigenvalue weighted by Crippen LogP contribution is 2.28. The van der Waals surface area contributed by atoms with E-state index in [0.717, 1.165) is 31.4 Å². The topological polar surface area (TPSA) is 110 Å². The number of nitrogens with zero attached hydrogens (tertiary/aromatic N) is 4. The number of carbonyl (C=O) groups excluding carboxylic acids is 1. The van der Waals surface area contributed by atoms with Crippen molar-refractivity contribution < 1.29 is 14.5 Å². The Morgan fingerprint density at radius 3 is 2.55 bits per heavy atom. The average molecular weight is 393 g/mol. The van der Waals surface area contributed by atoms with Crippen LogP contribution in [0.1, 0.15) is 12.8 Å². The molecule has 29 heavy (non-hydrogen) atoms. The van der Waals surface area contributed by atoms with E-state index in [2.05, 4.69) is 15.2 Å². The van der Waals surface area contributed by atoms with Gasteiger partial charge < -0.3 is 15.0 Å². The van der Waals surface area contributed by atoms with E-state index < -0.39 is 10.8 Å². The summed E-state index contributed by atoms with van der Waals surface area (Å²) in [5, 5.41) is 13.6. The van der Waals surface area contributed by atoms with Gasteiger partial charge >= 0.3 is 0 Å².